The SMILES string of the molecule is CNC1CCCCCCC1Sc1ccccc1Br. The van der Waals surface area contributed by atoms with Crippen LogP contribution in [0.1, 0.15) is 38.5 Å². The van der Waals surface area contributed by atoms with Gasteiger partial charge in [-0.15, -0.1) is 11.8 Å². The fourth-order valence-corrected chi connectivity index (χ4v) is 4.58. The van der Waals surface area contributed by atoms with Gasteiger partial charge >= 0.3 is 0 Å². The molecule has 1 N–H and O–H groups in total. The molecule has 0 heterocycles. The monoisotopic (exact) mass is 327 g/mol. The van der Waals surface area contributed by atoms with Crippen LogP contribution in [0.4, 0.5) is 0 Å². The van der Waals surface area contributed by atoms with Crippen molar-refractivity contribution >= 4 is 27.7 Å². The van der Waals surface area contributed by atoms with Crippen molar-refractivity contribution in [1.82, 2.24) is 5.32 Å². The molecule has 0 aromatic heterocycles. The fourth-order valence-electron chi connectivity index (χ4n) is 2.63. The van der Waals surface area contributed by atoms with Crippen LogP contribution >= 0.6 is 27.7 Å². The first-order valence-corrected chi connectivity index (χ1v) is 8.57. The molecular weight excluding hydrogens is 306 g/mol. The Hall–Kier alpha value is 0.01000. The summed E-state index contributed by atoms with van der Waals surface area (Å²) in [7, 11) is 2.11. The van der Waals surface area contributed by atoms with Gasteiger partial charge in [0.25, 0.3) is 0 Å². The maximum atomic E-state index is 3.66. The first-order valence-electron chi connectivity index (χ1n) is 6.89. The van der Waals surface area contributed by atoms with Gasteiger partial charge in [-0.1, -0.05) is 37.8 Å². The summed E-state index contributed by atoms with van der Waals surface area (Å²) in [4.78, 5) is 1.38. The highest BCUT2D eigenvalue weighted by atomic mass is 79.9. The molecule has 1 aromatic carbocycles. The topological polar surface area (TPSA) is 12.0 Å². The summed E-state index contributed by atoms with van der Waals surface area (Å²) >= 11 is 5.70. The first-order chi connectivity index (χ1) is 8.81. The van der Waals surface area contributed by atoms with Crippen LogP contribution in [-0.4, -0.2) is 18.3 Å². The second kappa shape index (κ2) is 7.56. The summed E-state index contributed by atoms with van der Waals surface area (Å²) in [5, 5.41) is 4.23. The minimum absolute atomic E-state index is 0.655. The van der Waals surface area contributed by atoms with Gasteiger partial charge in [-0.05, 0) is 48.0 Å². The van der Waals surface area contributed by atoms with Crippen LogP contribution in [-0.2, 0) is 0 Å². The maximum Gasteiger partial charge on any atom is 0.0311 e. The number of benzene rings is 1. The summed E-state index contributed by atoms with van der Waals surface area (Å²) in [6.07, 6.45) is 8.21. The van der Waals surface area contributed by atoms with Crippen LogP contribution in [0.3, 0.4) is 0 Å². The zero-order chi connectivity index (χ0) is 12.8. The van der Waals surface area contributed by atoms with Gasteiger partial charge in [0.2, 0.25) is 0 Å². The van der Waals surface area contributed by atoms with E-state index in [1.165, 1.54) is 47.9 Å². The Balaban J connectivity index is 2.06. The Kier molecular flexibility index (Phi) is 6.06. The smallest absolute Gasteiger partial charge is 0.0311 e. The molecule has 1 aromatic rings. The average molecular weight is 328 g/mol. The predicted molar refractivity (Wildman–Crippen MR) is 84.3 cm³/mol. The second-order valence-corrected chi connectivity index (χ2v) is 7.11. The van der Waals surface area contributed by atoms with Gasteiger partial charge in [0.1, 0.15) is 0 Å². The molecule has 1 fully saturated rings. The highest BCUT2D eigenvalue weighted by Crippen LogP contribution is 2.36. The largest absolute Gasteiger partial charge is 0.316 e. The van der Waals surface area contributed by atoms with E-state index in [0.717, 1.165) is 0 Å². The van der Waals surface area contributed by atoms with Gasteiger partial charge in [-0.25, -0.2) is 0 Å². The average Bonchev–Trinajstić information content (AvgIpc) is 2.35. The number of hydrogen-bond acceptors (Lipinski definition) is 2. The fraction of sp³-hybridized carbons (Fsp3) is 0.600. The van der Waals surface area contributed by atoms with E-state index >= 15 is 0 Å². The Morgan fingerprint density at radius 2 is 1.83 bits per heavy atom. The van der Waals surface area contributed by atoms with Crippen molar-refractivity contribution in [3.63, 3.8) is 0 Å². The highest BCUT2D eigenvalue weighted by Gasteiger charge is 2.22. The van der Waals surface area contributed by atoms with Crippen LogP contribution in [0.2, 0.25) is 0 Å². The standard InChI is InChI=1S/C15H22BrNS/c1-17-13-9-4-2-3-5-11-15(13)18-14-10-7-6-8-12(14)16/h6-8,10,13,15,17H,2-5,9,11H2,1H3. The normalized spacial score (nSPS) is 25.4. The minimum Gasteiger partial charge on any atom is -0.316 e. The molecule has 0 spiro atoms. The summed E-state index contributed by atoms with van der Waals surface area (Å²) in [5.41, 5.74) is 0. The van der Waals surface area contributed by atoms with Crippen LogP contribution in [0, 0.1) is 0 Å². The lowest BCUT2D eigenvalue weighted by atomic mass is 9.96. The molecule has 2 rings (SSSR count). The molecule has 1 saturated carbocycles. The number of halogens is 1. The lowest BCUT2D eigenvalue weighted by Crippen LogP contribution is -2.36. The summed E-state index contributed by atoms with van der Waals surface area (Å²) in [6, 6.07) is 9.23. The van der Waals surface area contributed by atoms with Crippen molar-refractivity contribution in [1.29, 1.82) is 0 Å². The Morgan fingerprint density at radius 3 is 2.56 bits per heavy atom. The van der Waals surface area contributed by atoms with Gasteiger partial charge in [-0.2, -0.15) is 0 Å². The number of hydrogen-bond donors (Lipinski definition) is 1. The molecule has 2 atom stereocenters. The third-order valence-corrected chi connectivity index (χ3v) is 6.12. The van der Waals surface area contributed by atoms with E-state index < -0.39 is 0 Å². The van der Waals surface area contributed by atoms with Crippen LogP contribution < -0.4 is 5.32 Å². The second-order valence-electron chi connectivity index (χ2n) is 4.97. The van der Waals surface area contributed by atoms with Crippen molar-refractivity contribution in [3.05, 3.63) is 28.7 Å². The quantitative estimate of drug-likeness (QED) is 0.851. The number of thioether (sulfide) groups is 1. The van der Waals surface area contributed by atoms with Crippen molar-refractivity contribution in [2.45, 2.75) is 54.7 Å². The van der Waals surface area contributed by atoms with Crippen molar-refractivity contribution in [3.8, 4) is 0 Å². The number of nitrogens with one attached hydrogen (secondary N) is 1. The van der Waals surface area contributed by atoms with E-state index in [9.17, 15) is 0 Å². The van der Waals surface area contributed by atoms with E-state index in [0.29, 0.717) is 11.3 Å². The van der Waals surface area contributed by atoms with E-state index in [-0.39, 0.29) is 0 Å². The van der Waals surface area contributed by atoms with Crippen LogP contribution in [0.5, 0.6) is 0 Å². The summed E-state index contributed by atoms with van der Waals surface area (Å²) in [5.74, 6) is 0. The Morgan fingerprint density at radius 1 is 1.11 bits per heavy atom. The van der Waals surface area contributed by atoms with E-state index in [1.54, 1.807) is 0 Å². The third kappa shape index (κ3) is 4.01. The van der Waals surface area contributed by atoms with Gasteiger partial charge in [0.05, 0.1) is 0 Å². The molecule has 0 radical (unpaired) electrons. The lowest BCUT2D eigenvalue weighted by molar-refractivity contribution is 0.420. The van der Waals surface area contributed by atoms with Gasteiger partial charge in [0.15, 0.2) is 0 Å². The molecule has 0 aliphatic heterocycles. The molecule has 0 amide bonds. The molecule has 18 heavy (non-hydrogen) atoms. The molecule has 100 valence electrons. The van der Waals surface area contributed by atoms with E-state index in [4.69, 9.17) is 0 Å². The summed E-state index contributed by atoms with van der Waals surface area (Å²) in [6.45, 7) is 0. The lowest BCUT2D eigenvalue weighted by Gasteiger charge is -2.29. The molecule has 1 aliphatic carbocycles. The molecule has 1 aliphatic rings. The highest BCUT2D eigenvalue weighted by molar-refractivity contribution is 9.10. The molecule has 0 saturated heterocycles. The molecule has 2 unspecified atom stereocenters. The van der Waals surface area contributed by atoms with Gasteiger partial charge in [-0.3, -0.25) is 0 Å². The summed E-state index contributed by atoms with van der Waals surface area (Å²) < 4.78 is 1.23. The van der Waals surface area contributed by atoms with Crippen molar-refractivity contribution < 1.29 is 0 Å². The van der Waals surface area contributed by atoms with Gasteiger partial charge in [0, 0.05) is 20.7 Å². The van der Waals surface area contributed by atoms with Crippen molar-refractivity contribution in [2.24, 2.45) is 0 Å². The maximum absolute atomic E-state index is 3.66. The molecule has 0 bridgehead atoms. The minimum atomic E-state index is 0.655. The van der Waals surface area contributed by atoms with Gasteiger partial charge < -0.3 is 5.32 Å². The zero-order valence-corrected chi connectivity index (χ0v) is 13.4. The molecule has 3 heteroatoms. The zero-order valence-electron chi connectivity index (χ0n) is 11.0. The molecule has 1 nitrogen and oxygen atoms in total. The van der Waals surface area contributed by atoms with Crippen LogP contribution in [0.15, 0.2) is 33.6 Å². The van der Waals surface area contributed by atoms with Crippen molar-refractivity contribution in [2.75, 3.05) is 7.05 Å². The predicted octanol–water partition coefficient (Wildman–Crippen LogP) is 4.85. The van der Waals surface area contributed by atoms with E-state index in [2.05, 4.69) is 52.6 Å². The number of rotatable bonds is 3. The van der Waals surface area contributed by atoms with E-state index in [1.807, 2.05) is 11.8 Å². The molecular formula is C15H22BrNS. The first kappa shape index (κ1) is 14.4. The Labute approximate surface area is 123 Å². The van der Waals surface area contributed by atoms with Crippen LogP contribution in [0.25, 0.3) is 0 Å². The Bertz CT molecular complexity index is 369. The third-order valence-electron chi connectivity index (χ3n) is 3.69.